The van der Waals surface area contributed by atoms with Gasteiger partial charge in [-0.2, -0.15) is 13.5 Å². The Balaban J connectivity index is 0.00000161. The molecule has 6 heteroatoms. The van der Waals surface area contributed by atoms with E-state index in [0.717, 1.165) is 24.4 Å². The Morgan fingerprint density at radius 2 is 2.24 bits per heavy atom. The summed E-state index contributed by atoms with van der Waals surface area (Å²) in [5, 5.41) is 5.27. The normalized spacial score (nSPS) is 12.0. The Kier molecular flexibility index (Phi) is 5.67. The molecule has 1 N–H and O–H groups in total. The fourth-order valence-corrected chi connectivity index (χ4v) is 2.97. The van der Waals surface area contributed by atoms with E-state index in [-0.39, 0.29) is 19.6 Å². The zero-order valence-corrected chi connectivity index (χ0v) is 13.6. The average molecular weight is 321 g/mol. The first-order chi connectivity index (χ1) is 9.88. The first-order valence-electron chi connectivity index (χ1n) is 6.65. The number of ether oxygens (including phenoxy) is 1. The number of rotatable bonds is 6. The van der Waals surface area contributed by atoms with Gasteiger partial charge in [-0.25, -0.2) is 4.98 Å². The van der Waals surface area contributed by atoms with Gasteiger partial charge in [0.1, 0.15) is 6.10 Å². The van der Waals surface area contributed by atoms with E-state index in [1.807, 2.05) is 36.0 Å². The highest BCUT2D eigenvalue weighted by molar-refractivity contribution is 7.59. The number of hydrogen-bond donors (Lipinski definition) is 1. The van der Waals surface area contributed by atoms with Crippen LogP contribution in [0, 0.1) is 0 Å². The summed E-state index contributed by atoms with van der Waals surface area (Å²) in [6, 6.07) is 8.14. The van der Waals surface area contributed by atoms with Crippen LogP contribution < -0.4 is 10.1 Å². The molecule has 0 fully saturated rings. The van der Waals surface area contributed by atoms with Crippen molar-refractivity contribution in [3.05, 3.63) is 53.1 Å². The Morgan fingerprint density at radius 1 is 1.33 bits per heavy atom. The van der Waals surface area contributed by atoms with Crippen LogP contribution in [0.1, 0.15) is 17.4 Å². The van der Waals surface area contributed by atoms with Crippen molar-refractivity contribution in [1.82, 2.24) is 14.7 Å². The van der Waals surface area contributed by atoms with E-state index in [4.69, 9.17) is 4.74 Å². The van der Waals surface area contributed by atoms with Gasteiger partial charge < -0.3 is 14.5 Å². The average Bonchev–Trinajstić information content (AvgIpc) is 3.14. The molecule has 0 saturated carbocycles. The number of nitrogens with one attached hydrogen (secondary N) is 1. The van der Waals surface area contributed by atoms with Crippen molar-refractivity contribution in [2.75, 3.05) is 13.6 Å². The maximum atomic E-state index is 6.22. The molecule has 3 rings (SSSR count). The van der Waals surface area contributed by atoms with Crippen molar-refractivity contribution >= 4 is 30.5 Å². The van der Waals surface area contributed by atoms with Crippen LogP contribution in [0.2, 0.25) is 0 Å². The fraction of sp³-hybridized carbons (Fsp3) is 0.267. The molecule has 4 nitrogen and oxygen atoms in total. The van der Waals surface area contributed by atoms with Crippen LogP contribution in [-0.4, -0.2) is 23.0 Å². The minimum Gasteiger partial charge on any atom is -0.481 e. The largest absolute Gasteiger partial charge is 0.481 e. The van der Waals surface area contributed by atoms with Crippen LogP contribution in [0.25, 0.3) is 5.65 Å². The van der Waals surface area contributed by atoms with Gasteiger partial charge in [0, 0.05) is 29.9 Å². The summed E-state index contributed by atoms with van der Waals surface area (Å²) in [4.78, 5) is 5.60. The molecule has 0 spiro atoms. The highest BCUT2D eigenvalue weighted by Gasteiger charge is 2.16. The lowest BCUT2D eigenvalue weighted by molar-refractivity contribution is 0.200. The van der Waals surface area contributed by atoms with Gasteiger partial charge in [-0.3, -0.25) is 0 Å². The second kappa shape index (κ2) is 7.49. The van der Waals surface area contributed by atoms with Crippen molar-refractivity contribution < 1.29 is 4.74 Å². The van der Waals surface area contributed by atoms with Crippen molar-refractivity contribution in [1.29, 1.82) is 0 Å². The van der Waals surface area contributed by atoms with Crippen LogP contribution in [0.4, 0.5) is 0 Å². The fourth-order valence-electron chi connectivity index (χ4n) is 2.18. The summed E-state index contributed by atoms with van der Waals surface area (Å²) < 4.78 is 8.19. The summed E-state index contributed by atoms with van der Waals surface area (Å²) in [6.45, 7) is 0.917. The molecule has 3 aromatic rings. The van der Waals surface area contributed by atoms with Crippen molar-refractivity contribution in [3.8, 4) is 5.75 Å². The van der Waals surface area contributed by atoms with E-state index in [9.17, 15) is 0 Å². The van der Waals surface area contributed by atoms with Gasteiger partial charge in [0.05, 0.1) is 0 Å². The Hall–Kier alpha value is -1.50. The van der Waals surface area contributed by atoms with Gasteiger partial charge >= 0.3 is 0 Å². The third-order valence-electron chi connectivity index (χ3n) is 3.17. The predicted molar refractivity (Wildman–Crippen MR) is 91.8 cm³/mol. The van der Waals surface area contributed by atoms with Crippen LogP contribution in [-0.2, 0) is 0 Å². The van der Waals surface area contributed by atoms with E-state index in [1.165, 1.54) is 4.88 Å². The molecular formula is C15H19N3OS2. The summed E-state index contributed by atoms with van der Waals surface area (Å²) in [6.07, 6.45) is 6.68. The molecule has 0 bridgehead atoms. The van der Waals surface area contributed by atoms with Crippen molar-refractivity contribution in [3.63, 3.8) is 0 Å². The van der Waals surface area contributed by atoms with E-state index < -0.39 is 0 Å². The monoisotopic (exact) mass is 321 g/mol. The lowest BCUT2D eigenvalue weighted by atomic mass is 10.2. The number of fused-ring (bicyclic) bond motifs is 1. The molecule has 0 amide bonds. The zero-order chi connectivity index (χ0) is 13.8. The van der Waals surface area contributed by atoms with Crippen LogP contribution in [0.5, 0.6) is 5.75 Å². The van der Waals surface area contributed by atoms with Gasteiger partial charge in [0.15, 0.2) is 11.4 Å². The highest BCUT2D eigenvalue weighted by atomic mass is 32.1. The van der Waals surface area contributed by atoms with E-state index in [0.29, 0.717) is 0 Å². The number of aromatic nitrogens is 2. The molecule has 0 aliphatic heterocycles. The lowest BCUT2D eigenvalue weighted by Gasteiger charge is -2.18. The van der Waals surface area contributed by atoms with E-state index >= 15 is 0 Å². The van der Waals surface area contributed by atoms with Gasteiger partial charge in [0.25, 0.3) is 0 Å². The predicted octanol–water partition coefficient (Wildman–Crippen LogP) is 3.24. The molecule has 112 valence electrons. The van der Waals surface area contributed by atoms with Crippen LogP contribution in [0.15, 0.2) is 48.2 Å². The minimum absolute atomic E-state index is 0. The molecule has 0 aliphatic carbocycles. The third-order valence-corrected chi connectivity index (χ3v) is 4.13. The molecule has 0 aliphatic rings. The third kappa shape index (κ3) is 3.58. The van der Waals surface area contributed by atoms with Gasteiger partial charge in [-0.1, -0.05) is 6.07 Å². The van der Waals surface area contributed by atoms with Gasteiger partial charge in [-0.05, 0) is 37.2 Å². The number of nitrogens with zero attached hydrogens (tertiary/aromatic N) is 2. The molecule has 3 aromatic heterocycles. The Labute approximate surface area is 135 Å². The Bertz CT molecular complexity index is 666. The number of hydrogen-bond acceptors (Lipinski definition) is 4. The molecule has 3 heterocycles. The van der Waals surface area contributed by atoms with Crippen molar-refractivity contribution in [2.24, 2.45) is 0 Å². The first-order valence-corrected chi connectivity index (χ1v) is 7.53. The van der Waals surface area contributed by atoms with Crippen molar-refractivity contribution in [2.45, 2.75) is 12.5 Å². The molecule has 0 unspecified atom stereocenters. The summed E-state index contributed by atoms with van der Waals surface area (Å²) in [5.41, 5.74) is 0.860. The van der Waals surface area contributed by atoms with Gasteiger partial charge in [0.2, 0.25) is 0 Å². The molecule has 0 aromatic carbocycles. The minimum atomic E-state index is 0. The van der Waals surface area contributed by atoms with E-state index in [1.54, 1.807) is 17.5 Å². The van der Waals surface area contributed by atoms with Crippen LogP contribution >= 0.6 is 24.8 Å². The summed E-state index contributed by atoms with van der Waals surface area (Å²) in [7, 11) is 1.96. The maximum absolute atomic E-state index is 6.22. The molecule has 0 radical (unpaired) electrons. The molecular weight excluding hydrogens is 302 g/mol. The molecule has 0 saturated heterocycles. The van der Waals surface area contributed by atoms with Gasteiger partial charge in [-0.15, -0.1) is 11.3 Å². The SMILES string of the molecule is CNCC[C@H](Oc1cccn2ccnc12)c1cccs1.S. The Morgan fingerprint density at radius 3 is 3.00 bits per heavy atom. The topological polar surface area (TPSA) is 38.6 Å². The number of pyridine rings is 1. The standard InChI is InChI=1S/C15H17N3OS.H2S/c1-16-7-6-12(14-5-3-11-20-14)19-13-4-2-9-18-10-8-17-15(13)18;/h2-5,8-12,16H,6-7H2,1H3;1H2/t12-;/m0./s1. The maximum Gasteiger partial charge on any atom is 0.179 e. The zero-order valence-electron chi connectivity index (χ0n) is 11.8. The molecule has 1 atom stereocenters. The van der Waals surface area contributed by atoms with E-state index in [2.05, 4.69) is 27.8 Å². The summed E-state index contributed by atoms with van der Waals surface area (Å²) >= 11 is 1.73. The second-order valence-electron chi connectivity index (χ2n) is 4.54. The second-order valence-corrected chi connectivity index (χ2v) is 5.52. The highest BCUT2D eigenvalue weighted by Crippen LogP contribution is 2.29. The van der Waals surface area contributed by atoms with Crippen LogP contribution in [0.3, 0.4) is 0 Å². The quantitative estimate of drug-likeness (QED) is 0.757. The lowest BCUT2D eigenvalue weighted by Crippen LogP contribution is -2.15. The summed E-state index contributed by atoms with van der Waals surface area (Å²) in [5.74, 6) is 0.826. The smallest absolute Gasteiger partial charge is 0.179 e. The first kappa shape index (κ1) is 15.9. The molecule has 21 heavy (non-hydrogen) atoms. The number of imidazole rings is 1. The number of thiophene rings is 1.